The fraction of sp³-hybridized carbons (Fsp3) is 0.533. The SMILES string of the molecule is CCOC(=O)c1c(-c2cnn(C(C)C)c2)nn2c1OCCC2. The number of esters is 1. The van der Waals surface area contributed by atoms with E-state index in [9.17, 15) is 4.79 Å². The molecule has 0 amide bonds. The van der Waals surface area contributed by atoms with Crippen LogP contribution in [-0.2, 0) is 11.3 Å². The van der Waals surface area contributed by atoms with Gasteiger partial charge in [0.1, 0.15) is 11.3 Å². The fourth-order valence-electron chi connectivity index (χ4n) is 2.46. The molecule has 0 bridgehead atoms. The standard InChI is InChI=1S/C15H20N4O3/c1-4-21-15(20)12-13(11-8-16-19(9-11)10(2)3)17-18-6-5-7-22-14(12)18/h8-10H,4-7H2,1-3H3. The van der Waals surface area contributed by atoms with Crippen molar-refractivity contribution in [2.75, 3.05) is 13.2 Å². The number of hydrogen-bond donors (Lipinski definition) is 0. The van der Waals surface area contributed by atoms with Crippen molar-refractivity contribution in [3.8, 4) is 17.1 Å². The van der Waals surface area contributed by atoms with Gasteiger partial charge in [-0.05, 0) is 20.8 Å². The van der Waals surface area contributed by atoms with Gasteiger partial charge in [0.2, 0.25) is 5.88 Å². The van der Waals surface area contributed by atoms with Gasteiger partial charge in [0.25, 0.3) is 0 Å². The van der Waals surface area contributed by atoms with Crippen molar-refractivity contribution < 1.29 is 14.3 Å². The molecule has 7 nitrogen and oxygen atoms in total. The van der Waals surface area contributed by atoms with Gasteiger partial charge in [-0.2, -0.15) is 10.2 Å². The van der Waals surface area contributed by atoms with Crippen LogP contribution in [0.3, 0.4) is 0 Å². The number of nitrogens with zero attached hydrogens (tertiary/aromatic N) is 4. The molecular formula is C15H20N4O3. The van der Waals surface area contributed by atoms with Gasteiger partial charge in [0.15, 0.2) is 0 Å². The van der Waals surface area contributed by atoms with Crippen LogP contribution in [0.5, 0.6) is 5.88 Å². The maximum atomic E-state index is 12.3. The summed E-state index contributed by atoms with van der Waals surface area (Å²) in [5, 5.41) is 8.85. The lowest BCUT2D eigenvalue weighted by molar-refractivity contribution is 0.0520. The summed E-state index contributed by atoms with van der Waals surface area (Å²) >= 11 is 0. The minimum atomic E-state index is -0.405. The van der Waals surface area contributed by atoms with Crippen LogP contribution in [0.25, 0.3) is 11.3 Å². The highest BCUT2D eigenvalue weighted by atomic mass is 16.5. The normalized spacial score (nSPS) is 13.8. The van der Waals surface area contributed by atoms with Gasteiger partial charge in [0, 0.05) is 30.8 Å². The highest BCUT2D eigenvalue weighted by molar-refractivity contribution is 5.98. The van der Waals surface area contributed by atoms with Crippen molar-refractivity contribution in [1.82, 2.24) is 19.6 Å². The number of rotatable bonds is 4. The van der Waals surface area contributed by atoms with E-state index in [1.807, 2.05) is 24.7 Å². The highest BCUT2D eigenvalue weighted by Crippen LogP contribution is 2.33. The summed E-state index contributed by atoms with van der Waals surface area (Å²) in [5.74, 6) is 0.0925. The van der Waals surface area contributed by atoms with Crippen molar-refractivity contribution in [3.63, 3.8) is 0 Å². The van der Waals surface area contributed by atoms with Crippen LogP contribution in [0.2, 0.25) is 0 Å². The van der Waals surface area contributed by atoms with E-state index >= 15 is 0 Å². The first-order valence-corrected chi connectivity index (χ1v) is 7.57. The molecule has 3 heterocycles. The van der Waals surface area contributed by atoms with Gasteiger partial charge >= 0.3 is 5.97 Å². The van der Waals surface area contributed by atoms with Gasteiger partial charge in [0.05, 0.1) is 19.4 Å². The third-order valence-electron chi connectivity index (χ3n) is 3.54. The fourth-order valence-corrected chi connectivity index (χ4v) is 2.46. The largest absolute Gasteiger partial charge is 0.477 e. The van der Waals surface area contributed by atoms with Crippen LogP contribution >= 0.6 is 0 Å². The van der Waals surface area contributed by atoms with Gasteiger partial charge in [-0.25, -0.2) is 9.48 Å². The Bertz CT molecular complexity index is 687. The lowest BCUT2D eigenvalue weighted by Crippen LogP contribution is -2.16. The Morgan fingerprint density at radius 1 is 1.50 bits per heavy atom. The molecule has 2 aromatic heterocycles. The first kappa shape index (κ1) is 14.6. The van der Waals surface area contributed by atoms with Crippen LogP contribution in [-0.4, -0.2) is 38.7 Å². The topological polar surface area (TPSA) is 71.2 Å². The molecule has 1 aliphatic rings. The second-order valence-electron chi connectivity index (χ2n) is 5.48. The van der Waals surface area contributed by atoms with Crippen LogP contribution in [0.1, 0.15) is 43.6 Å². The van der Waals surface area contributed by atoms with E-state index in [0.717, 1.165) is 18.5 Å². The van der Waals surface area contributed by atoms with Crippen LogP contribution in [0.15, 0.2) is 12.4 Å². The van der Waals surface area contributed by atoms with E-state index in [2.05, 4.69) is 10.2 Å². The number of hydrogen-bond acceptors (Lipinski definition) is 5. The Morgan fingerprint density at radius 3 is 3.00 bits per heavy atom. The molecule has 3 rings (SSSR count). The van der Waals surface area contributed by atoms with Crippen molar-refractivity contribution in [2.45, 2.75) is 39.8 Å². The molecule has 0 fully saturated rings. The van der Waals surface area contributed by atoms with E-state index in [1.54, 1.807) is 17.8 Å². The number of ether oxygens (including phenoxy) is 2. The van der Waals surface area contributed by atoms with Gasteiger partial charge < -0.3 is 9.47 Å². The maximum absolute atomic E-state index is 12.3. The Morgan fingerprint density at radius 2 is 2.32 bits per heavy atom. The minimum absolute atomic E-state index is 0.244. The van der Waals surface area contributed by atoms with Crippen LogP contribution in [0.4, 0.5) is 0 Å². The van der Waals surface area contributed by atoms with Crippen LogP contribution < -0.4 is 4.74 Å². The van der Waals surface area contributed by atoms with E-state index in [1.165, 1.54) is 0 Å². The first-order valence-electron chi connectivity index (χ1n) is 7.57. The maximum Gasteiger partial charge on any atom is 0.345 e. The Balaban J connectivity index is 2.09. The molecule has 0 spiro atoms. The summed E-state index contributed by atoms with van der Waals surface area (Å²) in [6.45, 7) is 7.51. The summed E-state index contributed by atoms with van der Waals surface area (Å²) in [6.07, 6.45) is 4.49. The lowest BCUT2D eigenvalue weighted by atomic mass is 10.1. The van der Waals surface area contributed by atoms with Crippen molar-refractivity contribution in [1.29, 1.82) is 0 Å². The van der Waals surface area contributed by atoms with E-state index < -0.39 is 5.97 Å². The number of carbonyl (C=O) groups is 1. The molecule has 0 N–H and O–H groups in total. The predicted octanol–water partition coefficient (Wildman–Crippen LogP) is 2.29. The van der Waals surface area contributed by atoms with Gasteiger partial charge in [-0.3, -0.25) is 4.68 Å². The molecule has 7 heteroatoms. The average Bonchev–Trinajstić information content (AvgIpc) is 3.12. The van der Waals surface area contributed by atoms with Crippen LogP contribution in [0, 0.1) is 0 Å². The summed E-state index contributed by atoms with van der Waals surface area (Å²) < 4.78 is 14.4. The van der Waals surface area contributed by atoms with Crippen molar-refractivity contribution in [2.24, 2.45) is 0 Å². The summed E-state index contributed by atoms with van der Waals surface area (Å²) in [4.78, 5) is 12.3. The number of fused-ring (bicyclic) bond motifs is 1. The van der Waals surface area contributed by atoms with E-state index in [-0.39, 0.29) is 6.04 Å². The molecule has 118 valence electrons. The van der Waals surface area contributed by atoms with Crippen molar-refractivity contribution >= 4 is 5.97 Å². The molecule has 1 aliphatic heterocycles. The molecular weight excluding hydrogens is 284 g/mol. The molecule has 0 saturated carbocycles. The Labute approximate surface area is 128 Å². The zero-order valence-corrected chi connectivity index (χ0v) is 13.1. The molecule has 0 aliphatic carbocycles. The van der Waals surface area contributed by atoms with Gasteiger partial charge in [-0.1, -0.05) is 0 Å². The molecule has 0 radical (unpaired) electrons. The summed E-state index contributed by atoms with van der Waals surface area (Å²) in [7, 11) is 0. The summed E-state index contributed by atoms with van der Waals surface area (Å²) in [5.41, 5.74) is 1.76. The number of aryl methyl sites for hydroxylation is 1. The lowest BCUT2D eigenvalue weighted by Gasteiger charge is -2.15. The third kappa shape index (κ3) is 2.47. The number of carbonyl (C=O) groups excluding carboxylic acids is 1. The molecule has 0 unspecified atom stereocenters. The molecule has 2 aromatic rings. The average molecular weight is 304 g/mol. The predicted molar refractivity (Wildman–Crippen MR) is 79.9 cm³/mol. The molecule has 0 saturated heterocycles. The smallest absolute Gasteiger partial charge is 0.345 e. The van der Waals surface area contributed by atoms with E-state index in [0.29, 0.717) is 30.4 Å². The Kier molecular flexibility index (Phi) is 3.87. The second kappa shape index (κ2) is 5.82. The van der Waals surface area contributed by atoms with Crippen molar-refractivity contribution in [3.05, 3.63) is 18.0 Å². The second-order valence-corrected chi connectivity index (χ2v) is 5.48. The third-order valence-corrected chi connectivity index (χ3v) is 3.54. The monoisotopic (exact) mass is 304 g/mol. The van der Waals surface area contributed by atoms with Gasteiger partial charge in [-0.15, -0.1) is 0 Å². The molecule has 0 atom stereocenters. The number of aromatic nitrogens is 4. The first-order chi connectivity index (χ1) is 10.6. The summed E-state index contributed by atoms with van der Waals surface area (Å²) in [6, 6.07) is 0.244. The zero-order valence-electron chi connectivity index (χ0n) is 13.1. The van der Waals surface area contributed by atoms with E-state index in [4.69, 9.17) is 9.47 Å². The Hall–Kier alpha value is -2.31. The molecule has 22 heavy (non-hydrogen) atoms. The highest BCUT2D eigenvalue weighted by Gasteiger charge is 2.29. The molecule has 0 aromatic carbocycles. The minimum Gasteiger partial charge on any atom is -0.477 e. The zero-order chi connectivity index (χ0) is 15.7. The quantitative estimate of drug-likeness (QED) is 0.810.